The van der Waals surface area contributed by atoms with Gasteiger partial charge in [-0.25, -0.2) is 4.79 Å². The third kappa shape index (κ3) is 1.42. The van der Waals surface area contributed by atoms with Crippen LogP contribution in [0.2, 0.25) is 0 Å². The van der Waals surface area contributed by atoms with Gasteiger partial charge >= 0.3 is 6.03 Å². The van der Waals surface area contributed by atoms with Crippen molar-refractivity contribution in [3.63, 3.8) is 0 Å². The molecule has 0 radical (unpaired) electrons. The van der Waals surface area contributed by atoms with Gasteiger partial charge in [-0.3, -0.25) is 5.32 Å². The number of nitrogens with one attached hydrogen (secondary N) is 2. The van der Waals surface area contributed by atoms with E-state index >= 15 is 0 Å². The molecule has 1 aliphatic heterocycles. The summed E-state index contributed by atoms with van der Waals surface area (Å²) in [6.45, 7) is 0. The molecule has 0 saturated carbocycles. The van der Waals surface area contributed by atoms with Crippen LogP contribution in [0.5, 0.6) is 0 Å². The molecule has 2 N–H and O–H groups in total. The van der Waals surface area contributed by atoms with Crippen LogP contribution in [0.3, 0.4) is 0 Å². The van der Waals surface area contributed by atoms with Crippen LogP contribution in [0.15, 0.2) is 34.9 Å². The van der Waals surface area contributed by atoms with Crippen molar-refractivity contribution < 1.29 is 9.21 Å². The van der Waals surface area contributed by atoms with E-state index in [9.17, 15) is 4.79 Å². The summed E-state index contributed by atoms with van der Waals surface area (Å²) in [7, 11) is 1.56. The molecule has 0 spiro atoms. The minimum absolute atomic E-state index is 0.289. The van der Waals surface area contributed by atoms with Gasteiger partial charge in [-0.1, -0.05) is 12.1 Å². The van der Waals surface area contributed by atoms with Crippen molar-refractivity contribution in [2.45, 2.75) is 0 Å². The maximum Gasteiger partial charge on any atom is 0.321 e. The van der Waals surface area contributed by atoms with E-state index in [0.717, 1.165) is 11.1 Å². The molecule has 0 atom stereocenters. The maximum absolute atomic E-state index is 11.1. The monoisotopic (exact) mass is 190 g/mol. The summed E-state index contributed by atoms with van der Waals surface area (Å²) < 4.78 is 5.20. The molecule has 4 nitrogen and oxygen atoms in total. The zero-order valence-electron chi connectivity index (χ0n) is 7.70. The maximum atomic E-state index is 11.1. The van der Waals surface area contributed by atoms with Gasteiger partial charge in [0.15, 0.2) is 0 Å². The Labute approximate surface area is 81.3 Å². The summed E-state index contributed by atoms with van der Waals surface area (Å²) >= 11 is 0. The SMILES string of the molecule is CNC(=O)Nc1occc2cccc1-2. The molecule has 14 heavy (non-hydrogen) atoms. The summed E-state index contributed by atoms with van der Waals surface area (Å²) in [5.74, 6) is 0.465. The Bertz CT molecular complexity index is 422. The van der Waals surface area contributed by atoms with Gasteiger partial charge in [0, 0.05) is 12.6 Å². The lowest BCUT2D eigenvalue weighted by Crippen LogP contribution is -2.24. The predicted octanol–water partition coefficient (Wildman–Crippen LogP) is 2.14. The highest BCUT2D eigenvalue weighted by atomic mass is 16.3. The van der Waals surface area contributed by atoms with Gasteiger partial charge in [0.2, 0.25) is 5.88 Å². The molecule has 1 heterocycles. The molecule has 0 aromatic heterocycles. The molecule has 72 valence electrons. The molecule has 0 saturated heterocycles. The summed E-state index contributed by atoms with van der Waals surface area (Å²) in [6, 6.07) is 7.33. The van der Waals surface area contributed by atoms with E-state index in [1.807, 2.05) is 24.3 Å². The van der Waals surface area contributed by atoms with Crippen LogP contribution in [-0.4, -0.2) is 13.1 Å². The lowest BCUT2D eigenvalue weighted by atomic mass is 10.2. The molecular formula is C10H10N2O2. The highest BCUT2D eigenvalue weighted by Crippen LogP contribution is 2.30. The van der Waals surface area contributed by atoms with E-state index in [1.165, 1.54) is 0 Å². The number of amides is 2. The lowest BCUT2D eigenvalue weighted by Gasteiger charge is -2.07. The molecule has 2 rings (SSSR count). The van der Waals surface area contributed by atoms with Crippen molar-refractivity contribution in [1.82, 2.24) is 5.32 Å². The predicted molar refractivity (Wildman–Crippen MR) is 53.4 cm³/mol. The average molecular weight is 190 g/mol. The fourth-order valence-corrected chi connectivity index (χ4v) is 1.29. The quantitative estimate of drug-likeness (QED) is 0.723. The second-order valence-corrected chi connectivity index (χ2v) is 2.85. The summed E-state index contributed by atoms with van der Waals surface area (Å²) in [6.07, 6.45) is 1.55. The summed E-state index contributed by atoms with van der Waals surface area (Å²) in [4.78, 5) is 11.1. The van der Waals surface area contributed by atoms with Crippen LogP contribution in [0.1, 0.15) is 0 Å². The minimum atomic E-state index is -0.289. The average Bonchev–Trinajstić information content (AvgIpc) is 2.66. The molecule has 4 heteroatoms. The van der Waals surface area contributed by atoms with Gasteiger partial charge in [-0.05, 0) is 17.7 Å². The van der Waals surface area contributed by atoms with E-state index in [4.69, 9.17) is 4.42 Å². The first-order valence-corrected chi connectivity index (χ1v) is 4.26. The van der Waals surface area contributed by atoms with Crippen molar-refractivity contribution in [3.05, 3.63) is 30.5 Å². The summed E-state index contributed by atoms with van der Waals surface area (Å²) in [5, 5.41) is 5.06. The number of hydrogen-bond acceptors (Lipinski definition) is 2. The van der Waals surface area contributed by atoms with E-state index in [1.54, 1.807) is 13.3 Å². The zero-order valence-corrected chi connectivity index (χ0v) is 7.70. The van der Waals surface area contributed by atoms with Crippen molar-refractivity contribution in [2.24, 2.45) is 0 Å². The van der Waals surface area contributed by atoms with Crippen molar-refractivity contribution in [2.75, 3.05) is 12.4 Å². The Morgan fingerprint density at radius 1 is 1.36 bits per heavy atom. The number of rotatable bonds is 1. The molecule has 0 aromatic carbocycles. The number of carbonyl (C=O) groups excluding carboxylic acids is 1. The van der Waals surface area contributed by atoms with Crippen LogP contribution in [0, 0.1) is 0 Å². The smallest absolute Gasteiger partial charge is 0.321 e. The second-order valence-electron chi connectivity index (χ2n) is 2.85. The van der Waals surface area contributed by atoms with Gasteiger partial charge in [0.25, 0.3) is 0 Å². The number of fused-ring (bicyclic) bond motifs is 1. The molecule has 2 amide bonds. The van der Waals surface area contributed by atoms with Crippen molar-refractivity contribution >= 4 is 11.9 Å². The van der Waals surface area contributed by atoms with E-state index in [-0.39, 0.29) is 6.03 Å². The number of carbonyl (C=O) groups is 1. The van der Waals surface area contributed by atoms with Gasteiger partial charge in [0.05, 0.1) is 6.26 Å². The van der Waals surface area contributed by atoms with Crippen LogP contribution in [0.4, 0.5) is 10.7 Å². The van der Waals surface area contributed by atoms with Crippen molar-refractivity contribution in [1.29, 1.82) is 0 Å². The fourth-order valence-electron chi connectivity index (χ4n) is 1.29. The standard InChI is InChI=1S/C10H10N2O2/c1-11-10(13)12-9-8-4-2-3-7(8)5-6-14-9/h2-6H,1H3,(H2,11,12,13). The third-order valence-corrected chi connectivity index (χ3v) is 1.98. The van der Waals surface area contributed by atoms with Gasteiger partial charge < -0.3 is 9.73 Å². The van der Waals surface area contributed by atoms with Crippen molar-refractivity contribution in [3.8, 4) is 11.1 Å². The van der Waals surface area contributed by atoms with Gasteiger partial charge in [-0.2, -0.15) is 0 Å². The Morgan fingerprint density at radius 3 is 3.00 bits per heavy atom. The first kappa shape index (κ1) is 8.62. The molecule has 0 aromatic rings. The first-order chi connectivity index (χ1) is 6.81. The number of anilines is 1. The van der Waals surface area contributed by atoms with E-state index in [2.05, 4.69) is 10.6 Å². The molecule has 0 bridgehead atoms. The second kappa shape index (κ2) is 3.41. The Hall–Kier alpha value is -1.97. The Balaban J connectivity index is 2.34. The highest BCUT2D eigenvalue weighted by molar-refractivity contribution is 5.92. The van der Waals surface area contributed by atoms with Crippen LogP contribution in [-0.2, 0) is 0 Å². The number of urea groups is 1. The molecule has 0 fully saturated rings. The lowest BCUT2D eigenvalue weighted by molar-refractivity contribution is 0.253. The molecule has 1 aliphatic carbocycles. The molecular weight excluding hydrogens is 180 g/mol. The van der Waals surface area contributed by atoms with Crippen LogP contribution in [0.25, 0.3) is 11.1 Å². The normalized spacial score (nSPS) is 10.1. The molecule has 0 unspecified atom stereocenters. The van der Waals surface area contributed by atoms with Crippen LogP contribution >= 0.6 is 0 Å². The fraction of sp³-hybridized carbons (Fsp3) is 0.100. The van der Waals surface area contributed by atoms with Crippen LogP contribution < -0.4 is 10.6 Å². The minimum Gasteiger partial charge on any atom is -0.448 e. The topological polar surface area (TPSA) is 54.3 Å². The van der Waals surface area contributed by atoms with Gasteiger partial charge in [-0.15, -0.1) is 0 Å². The first-order valence-electron chi connectivity index (χ1n) is 4.26. The highest BCUT2D eigenvalue weighted by Gasteiger charge is 2.11. The van der Waals surface area contributed by atoms with E-state index in [0.29, 0.717) is 5.88 Å². The largest absolute Gasteiger partial charge is 0.448 e. The Morgan fingerprint density at radius 2 is 2.21 bits per heavy atom. The third-order valence-electron chi connectivity index (χ3n) is 1.98. The van der Waals surface area contributed by atoms with E-state index < -0.39 is 0 Å². The summed E-state index contributed by atoms with van der Waals surface area (Å²) in [5.41, 5.74) is 1.94. The number of hydrogen-bond donors (Lipinski definition) is 2. The Kier molecular flexibility index (Phi) is 2.10. The van der Waals surface area contributed by atoms with Gasteiger partial charge in [0.1, 0.15) is 0 Å². The molecule has 2 aliphatic rings. The zero-order chi connectivity index (χ0) is 9.97.